The molecule has 90 valence electrons. The monoisotopic (exact) mass is 242 g/mol. The number of hydrogen-bond acceptors (Lipinski definition) is 3. The smallest absolute Gasteiger partial charge is 0.255 e. The van der Waals surface area contributed by atoms with E-state index in [2.05, 4.69) is 10.3 Å². The quantitative estimate of drug-likeness (QED) is 0.799. The van der Waals surface area contributed by atoms with Gasteiger partial charge in [-0.3, -0.25) is 14.4 Å². The molecule has 0 aliphatic rings. The number of H-pyrrole nitrogens is 1. The molecule has 1 heterocycles. The molecule has 0 aliphatic heterocycles. The van der Waals surface area contributed by atoms with Gasteiger partial charge in [-0.2, -0.15) is 0 Å². The molecule has 2 aromatic rings. The highest BCUT2D eigenvalue weighted by Crippen LogP contribution is 2.09. The van der Waals surface area contributed by atoms with E-state index >= 15 is 0 Å². The van der Waals surface area contributed by atoms with Crippen LogP contribution in [0.15, 0.2) is 47.4 Å². The van der Waals surface area contributed by atoms with Crippen LogP contribution < -0.4 is 10.9 Å². The van der Waals surface area contributed by atoms with Gasteiger partial charge in [-0.15, -0.1) is 0 Å². The number of nitrogens with one attached hydrogen (secondary N) is 2. The second-order valence-corrected chi connectivity index (χ2v) is 3.64. The lowest BCUT2D eigenvalue weighted by molar-refractivity contribution is 0.102. The van der Waals surface area contributed by atoms with E-state index in [0.717, 1.165) is 6.29 Å². The zero-order valence-corrected chi connectivity index (χ0v) is 9.34. The van der Waals surface area contributed by atoms with Gasteiger partial charge in [-0.25, -0.2) is 0 Å². The minimum atomic E-state index is -0.375. The number of hydrogen-bond donors (Lipinski definition) is 2. The number of anilines is 1. The molecule has 5 nitrogen and oxygen atoms in total. The fraction of sp³-hybridized carbons (Fsp3) is 0. The molecule has 0 bridgehead atoms. The molecule has 2 N–H and O–H groups in total. The molecule has 0 unspecified atom stereocenters. The van der Waals surface area contributed by atoms with Crippen molar-refractivity contribution < 1.29 is 9.59 Å². The first-order valence-corrected chi connectivity index (χ1v) is 5.24. The van der Waals surface area contributed by atoms with Crippen molar-refractivity contribution >= 4 is 17.9 Å². The van der Waals surface area contributed by atoms with Gasteiger partial charge in [0, 0.05) is 29.1 Å². The highest BCUT2D eigenvalue weighted by atomic mass is 16.2. The van der Waals surface area contributed by atoms with E-state index in [-0.39, 0.29) is 17.0 Å². The first-order valence-electron chi connectivity index (χ1n) is 5.24. The SMILES string of the molecule is O=Cc1ccc(NC(=O)c2cc[nH]c(=O)c2)cc1. The number of carbonyl (C=O) groups excluding carboxylic acids is 2. The average Bonchev–Trinajstić information content (AvgIpc) is 2.39. The Morgan fingerprint density at radius 3 is 2.50 bits per heavy atom. The zero-order valence-electron chi connectivity index (χ0n) is 9.34. The van der Waals surface area contributed by atoms with Gasteiger partial charge in [0.2, 0.25) is 5.56 Å². The Hall–Kier alpha value is -2.69. The van der Waals surface area contributed by atoms with E-state index < -0.39 is 0 Å². The molecule has 5 heteroatoms. The van der Waals surface area contributed by atoms with E-state index in [4.69, 9.17) is 0 Å². The predicted molar refractivity (Wildman–Crippen MR) is 66.8 cm³/mol. The maximum atomic E-state index is 11.8. The Kier molecular flexibility index (Phi) is 3.33. The Morgan fingerprint density at radius 2 is 1.89 bits per heavy atom. The molecule has 0 saturated heterocycles. The van der Waals surface area contributed by atoms with Crippen molar-refractivity contribution in [2.75, 3.05) is 5.32 Å². The summed E-state index contributed by atoms with van der Waals surface area (Å²) < 4.78 is 0. The lowest BCUT2D eigenvalue weighted by atomic mass is 10.2. The Morgan fingerprint density at radius 1 is 1.17 bits per heavy atom. The van der Waals surface area contributed by atoms with Gasteiger partial charge in [-0.1, -0.05) is 0 Å². The van der Waals surface area contributed by atoms with Crippen LogP contribution in [-0.4, -0.2) is 17.2 Å². The minimum absolute atomic E-state index is 0.276. The van der Waals surface area contributed by atoms with Crippen LogP contribution >= 0.6 is 0 Å². The van der Waals surface area contributed by atoms with Gasteiger partial charge in [0.1, 0.15) is 6.29 Å². The third-order valence-corrected chi connectivity index (χ3v) is 2.34. The zero-order chi connectivity index (χ0) is 13.0. The third kappa shape index (κ3) is 2.70. The number of aromatic nitrogens is 1. The molecule has 0 saturated carbocycles. The fourth-order valence-corrected chi connectivity index (χ4v) is 1.43. The highest BCUT2D eigenvalue weighted by molar-refractivity contribution is 6.04. The molecule has 1 amide bonds. The molecular weight excluding hydrogens is 232 g/mol. The molecule has 18 heavy (non-hydrogen) atoms. The van der Waals surface area contributed by atoms with Gasteiger partial charge >= 0.3 is 0 Å². The van der Waals surface area contributed by atoms with Gasteiger partial charge in [0.05, 0.1) is 0 Å². The van der Waals surface area contributed by atoms with Crippen molar-refractivity contribution in [1.82, 2.24) is 4.98 Å². The summed E-state index contributed by atoms with van der Waals surface area (Å²) in [5.41, 5.74) is 1.03. The van der Waals surface area contributed by atoms with Crippen molar-refractivity contribution in [3.05, 3.63) is 64.1 Å². The first-order chi connectivity index (χ1) is 8.69. The summed E-state index contributed by atoms with van der Waals surface area (Å²) in [5.74, 6) is -0.375. The summed E-state index contributed by atoms with van der Waals surface area (Å²) in [6.45, 7) is 0. The van der Waals surface area contributed by atoms with E-state index in [1.807, 2.05) is 0 Å². The van der Waals surface area contributed by atoms with Crippen LogP contribution in [0.5, 0.6) is 0 Å². The summed E-state index contributed by atoms with van der Waals surface area (Å²) in [4.78, 5) is 35.7. The Labute approximate surface area is 102 Å². The summed E-state index contributed by atoms with van der Waals surface area (Å²) in [6.07, 6.45) is 2.13. The van der Waals surface area contributed by atoms with E-state index in [1.165, 1.54) is 18.3 Å². The van der Waals surface area contributed by atoms with Crippen LogP contribution in [0.1, 0.15) is 20.7 Å². The van der Waals surface area contributed by atoms with Crippen molar-refractivity contribution in [3.8, 4) is 0 Å². The second kappa shape index (κ2) is 5.09. The number of benzene rings is 1. The molecule has 1 aromatic carbocycles. The summed E-state index contributed by atoms with van der Waals surface area (Å²) in [5, 5.41) is 2.63. The third-order valence-electron chi connectivity index (χ3n) is 2.34. The predicted octanol–water partition coefficient (Wildman–Crippen LogP) is 1.44. The largest absolute Gasteiger partial charge is 0.329 e. The Bertz CT molecular complexity index is 629. The maximum Gasteiger partial charge on any atom is 0.255 e. The van der Waals surface area contributed by atoms with Crippen molar-refractivity contribution in [2.45, 2.75) is 0 Å². The lowest BCUT2D eigenvalue weighted by Crippen LogP contribution is -2.15. The van der Waals surface area contributed by atoms with Gasteiger partial charge in [0.25, 0.3) is 5.91 Å². The molecule has 0 aliphatic carbocycles. The molecule has 0 atom stereocenters. The van der Waals surface area contributed by atoms with Crippen LogP contribution in [0.3, 0.4) is 0 Å². The van der Waals surface area contributed by atoms with Gasteiger partial charge in [-0.05, 0) is 30.3 Å². The standard InChI is InChI=1S/C13H10N2O3/c16-8-9-1-3-11(4-2-9)15-13(18)10-5-6-14-12(17)7-10/h1-8H,(H,14,17)(H,15,18). The number of aromatic amines is 1. The van der Waals surface area contributed by atoms with Crippen LogP contribution in [0, 0.1) is 0 Å². The van der Waals surface area contributed by atoms with Crippen molar-refractivity contribution in [3.63, 3.8) is 0 Å². The van der Waals surface area contributed by atoms with Crippen LogP contribution in [-0.2, 0) is 0 Å². The van der Waals surface area contributed by atoms with Crippen molar-refractivity contribution in [2.24, 2.45) is 0 Å². The molecule has 0 radical (unpaired) electrons. The summed E-state index contributed by atoms with van der Waals surface area (Å²) in [6, 6.07) is 9.16. The highest BCUT2D eigenvalue weighted by Gasteiger charge is 2.06. The average molecular weight is 242 g/mol. The maximum absolute atomic E-state index is 11.8. The van der Waals surface area contributed by atoms with E-state index in [0.29, 0.717) is 11.3 Å². The molecule has 2 rings (SSSR count). The number of carbonyl (C=O) groups is 2. The van der Waals surface area contributed by atoms with Crippen LogP contribution in [0.4, 0.5) is 5.69 Å². The second-order valence-electron chi connectivity index (χ2n) is 3.64. The fourth-order valence-electron chi connectivity index (χ4n) is 1.43. The normalized spacial score (nSPS) is 9.78. The van der Waals surface area contributed by atoms with Gasteiger partial charge in [0.15, 0.2) is 0 Å². The lowest BCUT2D eigenvalue weighted by Gasteiger charge is -2.04. The van der Waals surface area contributed by atoms with Gasteiger partial charge < -0.3 is 10.3 Å². The summed E-state index contributed by atoms with van der Waals surface area (Å²) in [7, 11) is 0. The van der Waals surface area contributed by atoms with E-state index in [1.54, 1.807) is 24.3 Å². The number of rotatable bonds is 3. The molecule has 0 fully saturated rings. The Balaban J connectivity index is 2.15. The number of amides is 1. The summed E-state index contributed by atoms with van der Waals surface area (Å²) >= 11 is 0. The minimum Gasteiger partial charge on any atom is -0.329 e. The van der Waals surface area contributed by atoms with Crippen LogP contribution in [0.2, 0.25) is 0 Å². The van der Waals surface area contributed by atoms with Crippen LogP contribution in [0.25, 0.3) is 0 Å². The number of pyridine rings is 1. The molecular formula is C13H10N2O3. The number of aldehydes is 1. The molecule has 0 spiro atoms. The molecule has 1 aromatic heterocycles. The van der Waals surface area contributed by atoms with E-state index in [9.17, 15) is 14.4 Å². The first kappa shape index (κ1) is 11.8. The van der Waals surface area contributed by atoms with Crippen molar-refractivity contribution in [1.29, 1.82) is 0 Å². The topological polar surface area (TPSA) is 79.0 Å².